The lowest BCUT2D eigenvalue weighted by atomic mass is 10.2. The second-order valence-electron chi connectivity index (χ2n) is 7.17. The van der Waals surface area contributed by atoms with Gasteiger partial charge in [0.15, 0.2) is 11.3 Å². The van der Waals surface area contributed by atoms with Crippen LogP contribution in [0.5, 0.6) is 0 Å². The topological polar surface area (TPSA) is 97.6 Å². The zero-order chi connectivity index (χ0) is 22.5. The summed E-state index contributed by atoms with van der Waals surface area (Å²) in [4.78, 5) is 39.5. The maximum atomic E-state index is 12.5. The Balaban J connectivity index is 1.52. The van der Waals surface area contributed by atoms with Gasteiger partial charge in [0.05, 0.1) is 11.4 Å². The van der Waals surface area contributed by atoms with Crippen LogP contribution in [0.4, 0.5) is 0 Å². The van der Waals surface area contributed by atoms with Gasteiger partial charge in [0.2, 0.25) is 5.91 Å². The maximum Gasteiger partial charge on any atom is 0.317 e. The van der Waals surface area contributed by atoms with Gasteiger partial charge in [-0.2, -0.15) is 0 Å². The number of esters is 1. The highest BCUT2D eigenvalue weighted by molar-refractivity contribution is 7.99. The van der Waals surface area contributed by atoms with Gasteiger partial charge in [-0.1, -0.05) is 29.4 Å². The Morgan fingerprint density at radius 3 is 2.52 bits per heavy atom. The smallest absolute Gasteiger partial charge is 0.317 e. The molecule has 9 nitrogen and oxygen atoms in total. The lowest BCUT2D eigenvalue weighted by Crippen LogP contribution is -2.52. The number of hydrogen-bond donors (Lipinski definition) is 0. The van der Waals surface area contributed by atoms with Gasteiger partial charge in [-0.15, -0.1) is 10.2 Å². The van der Waals surface area contributed by atoms with Crippen LogP contribution in [0, 0.1) is 6.92 Å². The Bertz CT molecular complexity index is 974. The molecule has 0 N–H and O–H groups in total. The van der Waals surface area contributed by atoms with Crippen LogP contribution in [0.2, 0.25) is 5.02 Å². The predicted octanol–water partition coefficient (Wildman–Crippen LogP) is 1.94. The van der Waals surface area contributed by atoms with Crippen molar-refractivity contribution in [3.05, 3.63) is 35.1 Å². The first-order valence-corrected chi connectivity index (χ1v) is 11.2. The van der Waals surface area contributed by atoms with Gasteiger partial charge in [0.25, 0.3) is 5.91 Å². The molecule has 0 spiro atoms. The van der Waals surface area contributed by atoms with E-state index in [-0.39, 0.29) is 17.6 Å². The molecule has 2 amide bonds. The van der Waals surface area contributed by atoms with Gasteiger partial charge in [-0.05, 0) is 31.5 Å². The first-order valence-electron chi connectivity index (χ1n) is 9.79. The molecule has 1 aromatic heterocycles. The number of carbonyl (C=O) groups excluding carboxylic acids is 3. The number of piperazine rings is 1. The van der Waals surface area contributed by atoms with E-state index in [1.54, 1.807) is 33.7 Å². The van der Waals surface area contributed by atoms with E-state index in [1.165, 1.54) is 6.92 Å². The van der Waals surface area contributed by atoms with Crippen LogP contribution in [0.3, 0.4) is 0 Å². The highest BCUT2D eigenvalue weighted by atomic mass is 35.5. The second kappa shape index (κ2) is 10.1. The molecule has 1 atom stereocenters. The van der Waals surface area contributed by atoms with Crippen molar-refractivity contribution in [2.75, 3.05) is 31.9 Å². The summed E-state index contributed by atoms with van der Waals surface area (Å²) in [5, 5.41) is 9.08. The second-order valence-corrected chi connectivity index (χ2v) is 8.52. The van der Waals surface area contributed by atoms with E-state index in [9.17, 15) is 14.4 Å². The number of thioether (sulfide) groups is 1. The minimum atomic E-state index is -0.897. The molecule has 11 heteroatoms. The Kier molecular flexibility index (Phi) is 7.55. The van der Waals surface area contributed by atoms with Crippen LogP contribution in [-0.4, -0.2) is 80.4 Å². The van der Waals surface area contributed by atoms with Crippen LogP contribution >= 0.6 is 23.4 Å². The predicted molar refractivity (Wildman–Crippen MR) is 116 cm³/mol. The maximum absolute atomic E-state index is 12.5. The molecule has 0 bridgehead atoms. The molecule has 3 rings (SSSR count). The van der Waals surface area contributed by atoms with E-state index in [1.807, 2.05) is 19.1 Å². The molecular weight excluding hydrogens is 442 g/mol. The quantitative estimate of drug-likeness (QED) is 0.475. The molecule has 31 heavy (non-hydrogen) atoms. The van der Waals surface area contributed by atoms with Gasteiger partial charge >= 0.3 is 5.97 Å². The van der Waals surface area contributed by atoms with E-state index >= 15 is 0 Å². The summed E-state index contributed by atoms with van der Waals surface area (Å²) in [6, 6.07) is 5.58. The van der Waals surface area contributed by atoms with Crippen molar-refractivity contribution < 1.29 is 19.1 Å². The summed E-state index contributed by atoms with van der Waals surface area (Å²) in [7, 11) is 0. The normalized spacial score (nSPS) is 15.0. The molecule has 1 aliphatic rings. The number of ether oxygens (including phenoxy) is 1. The summed E-state index contributed by atoms with van der Waals surface area (Å²) < 4.78 is 7.04. The molecule has 0 radical (unpaired) electrons. The van der Waals surface area contributed by atoms with Crippen molar-refractivity contribution in [1.82, 2.24) is 24.6 Å². The molecule has 2 aromatic rings. The van der Waals surface area contributed by atoms with E-state index < -0.39 is 12.1 Å². The van der Waals surface area contributed by atoms with Crippen molar-refractivity contribution in [2.45, 2.75) is 32.0 Å². The van der Waals surface area contributed by atoms with Crippen LogP contribution < -0.4 is 0 Å². The summed E-state index contributed by atoms with van der Waals surface area (Å²) in [6.07, 6.45) is 0.646. The highest BCUT2D eigenvalue weighted by Crippen LogP contribution is 2.24. The Morgan fingerprint density at radius 2 is 1.87 bits per heavy atom. The fourth-order valence-corrected chi connectivity index (χ4v) is 4.02. The van der Waals surface area contributed by atoms with Gasteiger partial charge < -0.3 is 14.5 Å². The number of hydrogen-bond acceptors (Lipinski definition) is 7. The number of carbonyl (C=O) groups is 3. The molecule has 1 unspecified atom stereocenters. The molecule has 0 saturated carbocycles. The number of rotatable bonds is 6. The minimum Gasteiger partial charge on any atom is -0.452 e. The number of aryl methyl sites for hydroxylation is 1. The molecule has 1 saturated heterocycles. The summed E-state index contributed by atoms with van der Waals surface area (Å²) >= 11 is 7.36. The first-order chi connectivity index (χ1) is 14.8. The molecular formula is C20H24ClN5O4S. The van der Waals surface area contributed by atoms with Crippen LogP contribution in [0.1, 0.15) is 19.4 Å². The average Bonchev–Trinajstić information content (AvgIpc) is 3.22. The molecule has 1 fully saturated rings. The van der Waals surface area contributed by atoms with Gasteiger partial charge in [0.1, 0.15) is 6.33 Å². The first kappa shape index (κ1) is 23.1. The largest absolute Gasteiger partial charge is 0.452 e. The van der Waals surface area contributed by atoms with E-state index in [4.69, 9.17) is 16.3 Å². The lowest BCUT2D eigenvalue weighted by Gasteiger charge is -2.35. The number of halogens is 1. The van der Waals surface area contributed by atoms with Crippen molar-refractivity contribution in [3.8, 4) is 5.69 Å². The Hall–Kier alpha value is -2.59. The fraction of sp³-hybridized carbons (Fsp3) is 0.450. The number of benzene rings is 1. The van der Waals surface area contributed by atoms with Gasteiger partial charge in [-0.3, -0.25) is 19.0 Å². The van der Waals surface area contributed by atoms with Crippen molar-refractivity contribution in [3.63, 3.8) is 0 Å². The third-order valence-electron chi connectivity index (χ3n) is 4.96. The lowest BCUT2D eigenvalue weighted by molar-refractivity contribution is -0.158. The van der Waals surface area contributed by atoms with E-state index in [0.717, 1.165) is 23.0 Å². The summed E-state index contributed by atoms with van der Waals surface area (Å²) in [5.41, 5.74) is 1.74. The summed E-state index contributed by atoms with van der Waals surface area (Å²) in [6.45, 7) is 6.80. The van der Waals surface area contributed by atoms with Crippen molar-refractivity contribution in [2.24, 2.45) is 0 Å². The van der Waals surface area contributed by atoms with Crippen LogP contribution in [0.15, 0.2) is 29.7 Å². The number of nitrogens with zero attached hydrogens (tertiary/aromatic N) is 5. The van der Waals surface area contributed by atoms with Crippen molar-refractivity contribution >= 4 is 41.1 Å². The van der Waals surface area contributed by atoms with Gasteiger partial charge in [-0.25, -0.2) is 0 Å². The molecule has 0 aliphatic carbocycles. The third kappa shape index (κ3) is 5.76. The molecule has 2 heterocycles. The van der Waals surface area contributed by atoms with Gasteiger partial charge in [0, 0.05) is 38.1 Å². The third-order valence-corrected chi connectivity index (χ3v) is 6.29. The molecule has 166 valence electrons. The molecule has 1 aromatic carbocycles. The highest BCUT2D eigenvalue weighted by Gasteiger charge is 2.28. The standard InChI is InChI=1S/C20H24ClN5O4S/c1-13-4-5-16(10-17(13)21)26-12-22-23-20(26)31-11-18(28)30-14(2)19(29)25-8-6-24(7-9-25)15(3)27/h4-5,10,12,14H,6-9,11H2,1-3H3. The minimum absolute atomic E-state index is 0.00985. The SMILES string of the molecule is CC(=O)N1CCN(C(=O)C(C)OC(=O)CSc2nncn2-c2ccc(C)c(Cl)c2)CC1. The zero-order valence-electron chi connectivity index (χ0n) is 17.6. The number of aromatic nitrogens is 3. The van der Waals surface area contributed by atoms with Crippen LogP contribution in [0.25, 0.3) is 5.69 Å². The molecule has 1 aliphatic heterocycles. The Labute approximate surface area is 189 Å². The van der Waals surface area contributed by atoms with Crippen molar-refractivity contribution in [1.29, 1.82) is 0 Å². The monoisotopic (exact) mass is 465 g/mol. The average molecular weight is 466 g/mol. The Morgan fingerprint density at radius 1 is 1.19 bits per heavy atom. The summed E-state index contributed by atoms with van der Waals surface area (Å²) in [5.74, 6) is -0.818. The number of amides is 2. The zero-order valence-corrected chi connectivity index (χ0v) is 19.1. The van der Waals surface area contributed by atoms with E-state index in [2.05, 4.69) is 10.2 Å². The van der Waals surface area contributed by atoms with E-state index in [0.29, 0.717) is 36.4 Å². The fourth-order valence-electron chi connectivity index (χ4n) is 3.14. The van der Waals surface area contributed by atoms with Crippen LogP contribution in [-0.2, 0) is 19.1 Å².